The summed E-state index contributed by atoms with van der Waals surface area (Å²) in [5, 5.41) is 9.36. The largest absolute Gasteiger partial charge is 0.393 e. The fraction of sp³-hybridized carbons (Fsp3) is 0.938. The van der Waals surface area contributed by atoms with E-state index in [1.165, 1.54) is 64.2 Å². The van der Waals surface area contributed by atoms with Gasteiger partial charge in [0.1, 0.15) is 6.29 Å². The van der Waals surface area contributed by atoms with Gasteiger partial charge in [-0.25, -0.2) is 0 Å². The summed E-state index contributed by atoms with van der Waals surface area (Å²) in [6, 6.07) is 0. The molecule has 0 fully saturated rings. The van der Waals surface area contributed by atoms with E-state index >= 15 is 0 Å². The standard InChI is InChI=1S/C16H32O2/c1-2-3-4-5-6-7-8-9-10-11-12-13-16(18)14-15-17/h15-16,18H,2-14H2,1H3/t16-/m0/s1. The summed E-state index contributed by atoms with van der Waals surface area (Å²) < 4.78 is 0. The van der Waals surface area contributed by atoms with Crippen LogP contribution >= 0.6 is 0 Å². The van der Waals surface area contributed by atoms with Gasteiger partial charge in [-0.05, 0) is 6.42 Å². The van der Waals surface area contributed by atoms with Gasteiger partial charge in [0.05, 0.1) is 6.10 Å². The number of unbranched alkanes of at least 4 members (excludes halogenated alkanes) is 10. The normalized spacial score (nSPS) is 12.6. The first-order valence-electron chi connectivity index (χ1n) is 7.93. The van der Waals surface area contributed by atoms with Crippen molar-refractivity contribution in [1.29, 1.82) is 0 Å². The molecular formula is C16H32O2. The average Bonchev–Trinajstić information content (AvgIpc) is 2.36. The van der Waals surface area contributed by atoms with E-state index in [0.29, 0.717) is 6.42 Å². The highest BCUT2D eigenvalue weighted by molar-refractivity contribution is 5.49. The van der Waals surface area contributed by atoms with E-state index in [-0.39, 0.29) is 0 Å². The molecule has 0 rings (SSSR count). The zero-order valence-electron chi connectivity index (χ0n) is 12.2. The number of aliphatic hydroxyl groups is 1. The van der Waals surface area contributed by atoms with Gasteiger partial charge in [0, 0.05) is 6.42 Å². The number of hydrogen-bond acceptors (Lipinski definition) is 2. The minimum atomic E-state index is -0.402. The number of carbonyl (C=O) groups is 1. The minimum absolute atomic E-state index is 0.303. The van der Waals surface area contributed by atoms with E-state index in [2.05, 4.69) is 6.92 Å². The number of aliphatic hydroxyl groups excluding tert-OH is 1. The zero-order valence-corrected chi connectivity index (χ0v) is 12.2. The van der Waals surface area contributed by atoms with Crippen LogP contribution in [0.1, 0.15) is 90.4 Å². The highest BCUT2D eigenvalue weighted by Gasteiger charge is 2.01. The molecule has 18 heavy (non-hydrogen) atoms. The van der Waals surface area contributed by atoms with E-state index in [9.17, 15) is 9.90 Å². The molecule has 1 atom stereocenters. The van der Waals surface area contributed by atoms with E-state index in [4.69, 9.17) is 0 Å². The summed E-state index contributed by atoms with van der Waals surface area (Å²) in [6.45, 7) is 2.26. The first-order chi connectivity index (χ1) is 8.81. The van der Waals surface area contributed by atoms with Crippen molar-refractivity contribution in [2.45, 2.75) is 96.5 Å². The second kappa shape index (κ2) is 14.7. The van der Waals surface area contributed by atoms with Crippen LogP contribution in [-0.4, -0.2) is 17.5 Å². The van der Waals surface area contributed by atoms with Crippen LogP contribution in [0.15, 0.2) is 0 Å². The Balaban J connectivity index is 3.00. The van der Waals surface area contributed by atoms with Crippen LogP contribution in [0, 0.1) is 0 Å². The number of carbonyl (C=O) groups excluding carboxylic acids is 1. The van der Waals surface area contributed by atoms with Gasteiger partial charge in [-0.1, -0.05) is 77.6 Å². The molecule has 0 saturated heterocycles. The van der Waals surface area contributed by atoms with Gasteiger partial charge in [-0.2, -0.15) is 0 Å². The molecule has 0 aromatic carbocycles. The van der Waals surface area contributed by atoms with Gasteiger partial charge in [-0.3, -0.25) is 0 Å². The molecule has 0 saturated carbocycles. The van der Waals surface area contributed by atoms with Crippen LogP contribution in [0.5, 0.6) is 0 Å². The molecule has 0 aromatic heterocycles. The fourth-order valence-electron chi connectivity index (χ4n) is 2.27. The lowest BCUT2D eigenvalue weighted by Crippen LogP contribution is -2.06. The Kier molecular flexibility index (Phi) is 14.4. The Morgan fingerprint density at radius 1 is 0.833 bits per heavy atom. The molecular weight excluding hydrogens is 224 g/mol. The molecule has 0 spiro atoms. The lowest BCUT2D eigenvalue weighted by Gasteiger charge is -2.06. The zero-order chi connectivity index (χ0) is 13.5. The molecule has 0 aliphatic heterocycles. The third kappa shape index (κ3) is 13.7. The molecule has 0 aliphatic rings. The van der Waals surface area contributed by atoms with Crippen LogP contribution < -0.4 is 0 Å². The van der Waals surface area contributed by atoms with Crippen LogP contribution in [0.2, 0.25) is 0 Å². The second-order valence-electron chi connectivity index (χ2n) is 5.38. The molecule has 0 radical (unpaired) electrons. The molecule has 0 aromatic rings. The number of hydrogen-bond donors (Lipinski definition) is 1. The average molecular weight is 256 g/mol. The van der Waals surface area contributed by atoms with Crippen molar-refractivity contribution < 1.29 is 9.90 Å². The third-order valence-corrected chi connectivity index (χ3v) is 3.51. The summed E-state index contributed by atoms with van der Waals surface area (Å²) >= 11 is 0. The molecule has 1 N–H and O–H groups in total. The molecule has 0 aliphatic carbocycles. The molecule has 2 heteroatoms. The molecule has 108 valence electrons. The first-order valence-corrected chi connectivity index (χ1v) is 7.93. The summed E-state index contributed by atoms with van der Waals surface area (Å²) in [4.78, 5) is 10.2. The second-order valence-corrected chi connectivity index (χ2v) is 5.38. The highest BCUT2D eigenvalue weighted by atomic mass is 16.3. The van der Waals surface area contributed by atoms with E-state index < -0.39 is 6.10 Å². The van der Waals surface area contributed by atoms with Crippen LogP contribution in [-0.2, 0) is 4.79 Å². The van der Waals surface area contributed by atoms with Crippen molar-refractivity contribution in [3.63, 3.8) is 0 Å². The Bertz CT molecular complexity index is 168. The molecule has 0 bridgehead atoms. The predicted molar refractivity (Wildman–Crippen MR) is 77.8 cm³/mol. The predicted octanol–water partition coefficient (Wildman–Crippen LogP) is 4.64. The quantitative estimate of drug-likeness (QED) is 0.363. The monoisotopic (exact) mass is 256 g/mol. The Hall–Kier alpha value is -0.370. The third-order valence-electron chi connectivity index (χ3n) is 3.51. The summed E-state index contributed by atoms with van der Waals surface area (Å²) in [6.07, 6.45) is 16.1. The highest BCUT2D eigenvalue weighted by Crippen LogP contribution is 2.12. The van der Waals surface area contributed by atoms with Crippen molar-refractivity contribution in [3.05, 3.63) is 0 Å². The van der Waals surface area contributed by atoms with Gasteiger partial charge < -0.3 is 9.90 Å². The number of rotatable bonds is 14. The lowest BCUT2D eigenvalue weighted by molar-refractivity contribution is -0.109. The topological polar surface area (TPSA) is 37.3 Å². The molecule has 0 amide bonds. The van der Waals surface area contributed by atoms with E-state index in [1.54, 1.807) is 0 Å². The van der Waals surface area contributed by atoms with Crippen molar-refractivity contribution in [2.24, 2.45) is 0 Å². The Labute approximate surface area is 113 Å². The summed E-state index contributed by atoms with van der Waals surface area (Å²) in [5.74, 6) is 0. The van der Waals surface area contributed by atoms with Crippen LogP contribution in [0.3, 0.4) is 0 Å². The maximum absolute atomic E-state index is 10.2. The van der Waals surface area contributed by atoms with Gasteiger partial charge in [-0.15, -0.1) is 0 Å². The van der Waals surface area contributed by atoms with Crippen molar-refractivity contribution in [3.8, 4) is 0 Å². The Morgan fingerprint density at radius 3 is 1.72 bits per heavy atom. The Morgan fingerprint density at radius 2 is 1.28 bits per heavy atom. The fourth-order valence-corrected chi connectivity index (χ4v) is 2.27. The molecule has 2 nitrogen and oxygen atoms in total. The van der Waals surface area contributed by atoms with E-state index in [0.717, 1.165) is 19.1 Å². The van der Waals surface area contributed by atoms with Crippen LogP contribution in [0.4, 0.5) is 0 Å². The minimum Gasteiger partial charge on any atom is -0.393 e. The van der Waals surface area contributed by atoms with Gasteiger partial charge in [0.15, 0.2) is 0 Å². The smallest absolute Gasteiger partial charge is 0.122 e. The van der Waals surface area contributed by atoms with Crippen LogP contribution in [0.25, 0.3) is 0 Å². The molecule has 0 unspecified atom stereocenters. The first kappa shape index (κ1) is 17.6. The summed E-state index contributed by atoms with van der Waals surface area (Å²) in [5.41, 5.74) is 0. The van der Waals surface area contributed by atoms with Crippen molar-refractivity contribution in [1.82, 2.24) is 0 Å². The maximum atomic E-state index is 10.2. The van der Waals surface area contributed by atoms with Crippen molar-refractivity contribution in [2.75, 3.05) is 0 Å². The molecule has 0 heterocycles. The van der Waals surface area contributed by atoms with Gasteiger partial charge >= 0.3 is 0 Å². The maximum Gasteiger partial charge on any atom is 0.122 e. The lowest BCUT2D eigenvalue weighted by atomic mass is 10.0. The van der Waals surface area contributed by atoms with E-state index in [1.807, 2.05) is 0 Å². The number of aldehydes is 1. The van der Waals surface area contributed by atoms with Crippen molar-refractivity contribution >= 4 is 6.29 Å². The van der Waals surface area contributed by atoms with Gasteiger partial charge in [0.2, 0.25) is 0 Å². The SMILES string of the molecule is CCCCCCCCCCCCC[C@H](O)CC=O. The summed E-state index contributed by atoms with van der Waals surface area (Å²) in [7, 11) is 0. The van der Waals surface area contributed by atoms with Gasteiger partial charge in [0.25, 0.3) is 0 Å².